The number of ether oxygens (including phenoxy) is 13. The first-order valence-electron chi connectivity index (χ1n) is 30.1. The van der Waals surface area contributed by atoms with Crippen LogP contribution in [-0.4, -0.2) is 392 Å². The third-order valence-electron chi connectivity index (χ3n) is 17.1. The van der Waals surface area contributed by atoms with Crippen molar-refractivity contribution in [3.8, 4) is 0 Å². The highest BCUT2D eigenvalue weighted by molar-refractivity contribution is 5.77. The largest absolute Gasteiger partial charge is 0.477 e. The van der Waals surface area contributed by atoms with E-state index in [1.54, 1.807) is 0 Å². The molecule has 0 saturated carbocycles. The van der Waals surface area contributed by atoms with Gasteiger partial charge in [0.05, 0.1) is 57.9 Å². The summed E-state index contributed by atoms with van der Waals surface area (Å²) in [6.45, 7) is -1.47. The summed E-state index contributed by atoms with van der Waals surface area (Å²) in [4.78, 5) is 63.9. The first-order valence-corrected chi connectivity index (χ1v) is 30.1. The lowest BCUT2D eigenvalue weighted by atomic mass is 9.88. The number of aliphatic carboxylic acids is 1. The molecule has 0 aromatic rings. The lowest BCUT2D eigenvalue weighted by Crippen LogP contribution is -2.72. The van der Waals surface area contributed by atoms with Gasteiger partial charge in [0.2, 0.25) is 23.6 Å². The van der Waals surface area contributed by atoms with Gasteiger partial charge in [-0.05, 0) is 6.92 Å². The number of aliphatic hydroxyl groups is 19. The SMILES string of the molecule is CC(=O)N[C@H]1[C@H](O[C@@H]2[C@H](O[C@]3(C(=O)O)C[C@H](O)[C@@H](NC(C)=O)[C@H]([C@H](O)[C@H](O)CO)O3)[C@@H](O)[C@H](O[C@H]3[C@H](O)[C@@H](NC(C)=O)C(OC[C@H]4OC(O)[C@H](NC(C)=O)[C@@H](O[C@@H]5O[C@H](CO)[C@H](O)[C@H](O)[C@H]5O[C@@H]5O[C@@H](C)[C@@H](O)[C@@H](O)[C@@H]5O)[C@H]4O)O[C@@H]3CO)O[C@@H]2CO)O[C@H](CO)[C@H](O)[C@@H]1O. The number of carboxylic acids is 1. The summed E-state index contributed by atoms with van der Waals surface area (Å²) in [7, 11) is 0. The Morgan fingerprint density at radius 1 is 0.453 bits per heavy atom. The molecule has 0 aliphatic carbocycles. The Bertz CT molecular complexity index is 2520. The van der Waals surface area contributed by atoms with E-state index < -0.39 is 296 Å². The molecule has 24 N–H and O–H groups in total. The minimum absolute atomic E-state index is 0.853. The molecule has 95 heavy (non-hydrogen) atoms. The highest BCUT2D eigenvalue weighted by Gasteiger charge is 2.63. The van der Waals surface area contributed by atoms with E-state index in [2.05, 4.69) is 21.3 Å². The van der Waals surface area contributed by atoms with Crippen LogP contribution in [0.5, 0.6) is 0 Å². The fourth-order valence-corrected chi connectivity index (χ4v) is 12.1. The summed E-state index contributed by atoms with van der Waals surface area (Å²) in [5.74, 6) is -9.11. The highest BCUT2D eigenvalue weighted by Crippen LogP contribution is 2.41. The topological polar surface area (TPSA) is 658 Å². The zero-order valence-corrected chi connectivity index (χ0v) is 51.4. The Morgan fingerprint density at radius 3 is 1.48 bits per heavy atom. The van der Waals surface area contributed by atoms with Gasteiger partial charge in [-0.1, -0.05) is 0 Å². The van der Waals surface area contributed by atoms with Crippen LogP contribution >= 0.6 is 0 Å². The number of aliphatic hydroxyl groups excluding tert-OH is 19. The van der Waals surface area contributed by atoms with E-state index in [0.29, 0.717) is 0 Å². The molecule has 7 aliphatic heterocycles. The van der Waals surface area contributed by atoms with Crippen molar-refractivity contribution < 1.29 is 188 Å². The summed E-state index contributed by atoms with van der Waals surface area (Å²) < 4.78 is 76.4. The molecule has 42 nitrogen and oxygen atoms in total. The van der Waals surface area contributed by atoms with E-state index in [1.807, 2.05) is 0 Å². The number of hydrogen-bond donors (Lipinski definition) is 24. The molecule has 0 spiro atoms. The Labute approximate surface area is 538 Å². The smallest absolute Gasteiger partial charge is 0.364 e. The van der Waals surface area contributed by atoms with Crippen LogP contribution in [0.15, 0.2) is 0 Å². The average molecular weight is 1390 g/mol. The molecule has 7 fully saturated rings. The summed E-state index contributed by atoms with van der Waals surface area (Å²) in [6.07, 6.45) is -64.2. The third-order valence-corrected chi connectivity index (χ3v) is 17.1. The molecular formula is C53H88N4O38. The van der Waals surface area contributed by atoms with Crippen LogP contribution in [0.4, 0.5) is 0 Å². The van der Waals surface area contributed by atoms with Gasteiger partial charge < -0.3 is 185 Å². The Hall–Kier alpha value is -3.93. The van der Waals surface area contributed by atoms with Gasteiger partial charge in [0.15, 0.2) is 37.7 Å². The fourth-order valence-electron chi connectivity index (χ4n) is 12.1. The average Bonchev–Trinajstić information content (AvgIpc) is 0.755. The summed E-state index contributed by atoms with van der Waals surface area (Å²) in [5.41, 5.74) is 0. The zero-order chi connectivity index (χ0) is 70.6. The maximum atomic E-state index is 13.6. The van der Waals surface area contributed by atoms with E-state index in [-0.39, 0.29) is 0 Å². The second kappa shape index (κ2) is 33.5. The molecule has 7 heterocycles. The van der Waals surface area contributed by atoms with Crippen LogP contribution in [0.2, 0.25) is 0 Å². The van der Waals surface area contributed by atoms with Crippen LogP contribution in [0, 0.1) is 0 Å². The predicted octanol–water partition coefficient (Wildman–Crippen LogP) is -15.5. The van der Waals surface area contributed by atoms with Crippen molar-refractivity contribution in [1.29, 1.82) is 0 Å². The Morgan fingerprint density at radius 2 is 0.926 bits per heavy atom. The van der Waals surface area contributed by atoms with Gasteiger partial charge in [0.25, 0.3) is 5.79 Å². The molecule has 2 unspecified atom stereocenters. The van der Waals surface area contributed by atoms with Crippen LogP contribution in [-0.2, 0) is 85.6 Å². The molecule has 36 atom stereocenters. The molecule has 0 aromatic carbocycles. The number of rotatable bonds is 25. The molecule has 0 aromatic heterocycles. The second-order valence-corrected chi connectivity index (χ2v) is 24.0. The van der Waals surface area contributed by atoms with E-state index in [9.17, 15) is 126 Å². The molecule has 7 rings (SSSR count). The van der Waals surface area contributed by atoms with Crippen LogP contribution in [0.1, 0.15) is 41.0 Å². The molecular weight excluding hydrogens is 1300 g/mol. The van der Waals surface area contributed by atoms with Gasteiger partial charge in [-0.3, -0.25) is 19.2 Å². The number of carbonyl (C=O) groups excluding carboxylic acids is 4. The van der Waals surface area contributed by atoms with Crippen LogP contribution in [0.3, 0.4) is 0 Å². The monoisotopic (exact) mass is 1390 g/mol. The Kier molecular flexibility index (Phi) is 27.6. The maximum Gasteiger partial charge on any atom is 0.364 e. The van der Waals surface area contributed by atoms with E-state index in [0.717, 1.165) is 27.7 Å². The molecule has 4 amide bonds. The number of nitrogens with one attached hydrogen (secondary N) is 4. The van der Waals surface area contributed by atoms with Gasteiger partial charge >= 0.3 is 5.97 Å². The molecule has 7 saturated heterocycles. The van der Waals surface area contributed by atoms with Crippen molar-refractivity contribution in [2.45, 2.75) is 261 Å². The van der Waals surface area contributed by atoms with Crippen molar-refractivity contribution >= 4 is 29.6 Å². The van der Waals surface area contributed by atoms with E-state index in [4.69, 9.17) is 61.6 Å². The first-order chi connectivity index (χ1) is 44.7. The van der Waals surface area contributed by atoms with Crippen molar-refractivity contribution in [2.24, 2.45) is 0 Å². The molecule has 0 radical (unpaired) electrons. The lowest BCUT2D eigenvalue weighted by molar-refractivity contribution is -0.399. The minimum atomic E-state index is -3.39. The van der Waals surface area contributed by atoms with E-state index in [1.165, 1.54) is 6.92 Å². The standard InChI is InChI=1S/C53H88N4O38/c1-13-29(69)36(76)38(78)49(84-13)93-45-37(77)32(72)21(9-60)87-51(45)92-42-28(57-17(5)66)46(80)85-24(33(42)73)12-83-47-27(56-16(4)65)35(75)40(22(10-61)88-47)90-50-39(79)44(41(23(11-62)89-50)91-48-26(55-15(3)64)34(74)31(71)20(8-59)86-48)95-53(52(81)82)6-18(67)25(54-14(2)63)43(94-53)30(70)19(68)7-58/h13,18-51,58-62,67-80H,6-12H2,1-5H3,(H,54,63)(H,55,64)(H,56,65)(H,57,66)(H,81,82)/t13-,18-,19+,20+,21+,22+,23+,24+,25+,26+,27+,28+,29+,30+,31-,32-,33-,34+,35+,36+,37-,38-,39+,40+,41-,42+,43+,44+,45+,46?,47?,48-,49-,50-,51-,53-/m0/s1. The quantitative estimate of drug-likeness (QED) is 0.0404. The number of carboxylic acid groups (broad SMARTS) is 1. The van der Waals surface area contributed by atoms with Gasteiger partial charge in [-0.2, -0.15) is 0 Å². The summed E-state index contributed by atoms with van der Waals surface area (Å²) in [6, 6.07) is -7.23. The first kappa shape index (κ1) is 78.4. The number of carbonyl (C=O) groups is 5. The van der Waals surface area contributed by atoms with Crippen molar-refractivity contribution in [3.63, 3.8) is 0 Å². The van der Waals surface area contributed by atoms with Crippen molar-refractivity contribution in [2.75, 3.05) is 39.6 Å². The van der Waals surface area contributed by atoms with Gasteiger partial charge in [-0.15, -0.1) is 0 Å². The van der Waals surface area contributed by atoms with E-state index >= 15 is 0 Å². The van der Waals surface area contributed by atoms with Gasteiger partial charge in [0, 0.05) is 34.1 Å². The van der Waals surface area contributed by atoms with Crippen molar-refractivity contribution in [3.05, 3.63) is 0 Å². The zero-order valence-electron chi connectivity index (χ0n) is 51.4. The second-order valence-electron chi connectivity index (χ2n) is 24.0. The van der Waals surface area contributed by atoms with Crippen LogP contribution in [0.25, 0.3) is 0 Å². The van der Waals surface area contributed by atoms with Gasteiger partial charge in [-0.25, -0.2) is 4.79 Å². The Balaban J connectivity index is 1.18. The molecule has 42 heteroatoms. The number of hydrogen-bond acceptors (Lipinski definition) is 37. The normalized spacial score (nSPS) is 46.4. The maximum absolute atomic E-state index is 13.6. The van der Waals surface area contributed by atoms with Gasteiger partial charge in [0.1, 0.15) is 159 Å². The fraction of sp³-hybridized carbons (Fsp3) is 0.906. The minimum Gasteiger partial charge on any atom is -0.477 e. The highest BCUT2D eigenvalue weighted by atomic mass is 16.8. The molecule has 7 aliphatic rings. The third kappa shape index (κ3) is 17.5. The lowest BCUT2D eigenvalue weighted by Gasteiger charge is -2.52. The van der Waals surface area contributed by atoms with Crippen molar-refractivity contribution in [1.82, 2.24) is 21.3 Å². The number of amides is 4. The summed E-state index contributed by atoms with van der Waals surface area (Å²) in [5, 5.41) is 229. The molecule has 0 bridgehead atoms. The predicted molar refractivity (Wildman–Crippen MR) is 294 cm³/mol. The summed E-state index contributed by atoms with van der Waals surface area (Å²) >= 11 is 0. The molecule has 548 valence electrons. The van der Waals surface area contributed by atoms with Crippen LogP contribution < -0.4 is 21.3 Å².